The zero-order valence-electron chi connectivity index (χ0n) is 10.2. The molecule has 0 aliphatic carbocycles. The van der Waals surface area contributed by atoms with Gasteiger partial charge in [0.2, 0.25) is 0 Å². The number of carbonyl (C=O) groups is 1. The standard InChI is InChI=1S/C14H15N3O/c1-15-12-6-4-5-11(9-12)10-17-14(18)13-7-2-3-8-16-13/h2-9,15H,10H2,1H3,(H,17,18). The summed E-state index contributed by atoms with van der Waals surface area (Å²) in [6.07, 6.45) is 1.61. The summed E-state index contributed by atoms with van der Waals surface area (Å²) in [6, 6.07) is 13.2. The summed E-state index contributed by atoms with van der Waals surface area (Å²) in [5.74, 6) is -0.162. The zero-order valence-corrected chi connectivity index (χ0v) is 10.2. The monoisotopic (exact) mass is 241 g/mol. The van der Waals surface area contributed by atoms with E-state index in [2.05, 4.69) is 15.6 Å². The van der Waals surface area contributed by atoms with Gasteiger partial charge in [0.05, 0.1) is 0 Å². The molecule has 0 unspecified atom stereocenters. The highest BCUT2D eigenvalue weighted by Gasteiger charge is 2.05. The van der Waals surface area contributed by atoms with Gasteiger partial charge in [0.1, 0.15) is 5.69 Å². The van der Waals surface area contributed by atoms with Crippen molar-refractivity contribution in [3.05, 3.63) is 59.9 Å². The molecule has 92 valence electrons. The number of amides is 1. The normalized spacial score (nSPS) is 9.83. The topological polar surface area (TPSA) is 54.0 Å². The van der Waals surface area contributed by atoms with Crippen LogP contribution in [0.4, 0.5) is 5.69 Å². The van der Waals surface area contributed by atoms with Crippen LogP contribution >= 0.6 is 0 Å². The second kappa shape index (κ2) is 5.82. The highest BCUT2D eigenvalue weighted by atomic mass is 16.1. The average Bonchev–Trinajstić information content (AvgIpc) is 2.46. The van der Waals surface area contributed by atoms with E-state index >= 15 is 0 Å². The predicted octanol–water partition coefficient (Wildman–Crippen LogP) is 2.05. The Bertz CT molecular complexity index is 526. The molecule has 0 fully saturated rings. The van der Waals surface area contributed by atoms with Crippen LogP contribution in [0, 0.1) is 0 Å². The maximum atomic E-state index is 11.8. The largest absolute Gasteiger partial charge is 0.388 e. The van der Waals surface area contributed by atoms with Crippen LogP contribution in [0.2, 0.25) is 0 Å². The van der Waals surface area contributed by atoms with Gasteiger partial charge in [-0.1, -0.05) is 18.2 Å². The number of nitrogens with one attached hydrogen (secondary N) is 2. The van der Waals surface area contributed by atoms with E-state index in [9.17, 15) is 4.79 Å². The fourth-order valence-corrected chi connectivity index (χ4v) is 1.61. The van der Waals surface area contributed by atoms with Gasteiger partial charge in [0, 0.05) is 25.5 Å². The molecule has 0 bridgehead atoms. The summed E-state index contributed by atoms with van der Waals surface area (Å²) in [4.78, 5) is 15.8. The number of benzene rings is 1. The number of carbonyl (C=O) groups excluding carboxylic acids is 1. The molecule has 0 radical (unpaired) electrons. The van der Waals surface area contributed by atoms with Crippen molar-refractivity contribution >= 4 is 11.6 Å². The van der Waals surface area contributed by atoms with Crippen LogP contribution in [0.25, 0.3) is 0 Å². The molecular weight excluding hydrogens is 226 g/mol. The van der Waals surface area contributed by atoms with Crippen LogP contribution in [-0.2, 0) is 6.54 Å². The Morgan fingerprint density at radius 1 is 1.22 bits per heavy atom. The first-order valence-corrected chi connectivity index (χ1v) is 5.75. The lowest BCUT2D eigenvalue weighted by atomic mass is 10.2. The summed E-state index contributed by atoms with van der Waals surface area (Å²) in [7, 11) is 1.87. The minimum absolute atomic E-state index is 0.162. The second-order valence-electron chi connectivity index (χ2n) is 3.85. The lowest BCUT2D eigenvalue weighted by Gasteiger charge is -2.06. The van der Waals surface area contributed by atoms with Gasteiger partial charge in [0.15, 0.2) is 0 Å². The summed E-state index contributed by atoms with van der Waals surface area (Å²) < 4.78 is 0. The van der Waals surface area contributed by atoms with Gasteiger partial charge in [-0.2, -0.15) is 0 Å². The summed E-state index contributed by atoms with van der Waals surface area (Å²) in [5, 5.41) is 5.90. The molecule has 1 heterocycles. The minimum atomic E-state index is -0.162. The SMILES string of the molecule is CNc1cccc(CNC(=O)c2ccccn2)c1. The first-order valence-electron chi connectivity index (χ1n) is 5.75. The number of pyridine rings is 1. The highest BCUT2D eigenvalue weighted by molar-refractivity contribution is 5.92. The molecule has 0 atom stereocenters. The fourth-order valence-electron chi connectivity index (χ4n) is 1.61. The van der Waals surface area contributed by atoms with Gasteiger partial charge < -0.3 is 10.6 Å². The smallest absolute Gasteiger partial charge is 0.270 e. The Hall–Kier alpha value is -2.36. The van der Waals surface area contributed by atoms with E-state index in [1.165, 1.54) is 0 Å². The van der Waals surface area contributed by atoms with E-state index < -0.39 is 0 Å². The second-order valence-corrected chi connectivity index (χ2v) is 3.85. The molecule has 1 amide bonds. The van der Waals surface area contributed by atoms with Crippen molar-refractivity contribution in [1.29, 1.82) is 0 Å². The van der Waals surface area contributed by atoms with Crippen molar-refractivity contribution in [2.45, 2.75) is 6.54 Å². The van der Waals surface area contributed by atoms with Crippen LogP contribution in [-0.4, -0.2) is 17.9 Å². The third kappa shape index (κ3) is 3.07. The number of rotatable bonds is 4. The molecule has 1 aromatic heterocycles. The average molecular weight is 241 g/mol. The quantitative estimate of drug-likeness (QED) is 0.861. The van der Waals surface area contributed by atoms with Crippen molar-refractivity contribution in [3.63, 3.8) is 0 Å². The van der Waals surface area contributed by atoms with Gasteiger partial charge in [-0.05, 0) is 29.8 Å². The van der Waals surface area contributed by atoms with Crippen molar-refractivity contribution in [2.24, 2.45) is 0 Å². The van der Waals surface area contributed by atoms with E-state index in [4.69, 9.17) is 0 Å². The predicted molar refractivity (Wildman–Crippen MR) is 71.4 cm³/mol. The molecule has 0 saturated carbocycles. The minimum Gasteiger partial charge on any atom is -0.388 e. The van der Waals surface area contributed by atoms with E-state index in [1.807, 2.05) is 31.3 Å². The van der Waals surface area contributed by atoms with E-state index in [-0.39, 0.29) is 5.91 Å². The first-order chi connectivity index (χ1) is 8.79. The number of anilines is 1. The van der Waals surface area contributed by atoms with Gasteiger partial charge in [0.25, 0.3) is 5.91 Å². The molecule has 18 heavy (non-hydrogen) atoms. The molecule has 0 aliphatic heterocycles. The van der Waals surface area contributed by atoms with Crippen molar-refractivity contribution in [1.82, 2.24) is 10.3 Å². The Morgan fingerprint density at radius 3 is 2.83 bits per heavy atom. The number of aromatic nitrogens is 1. The molecule has 1 aromatic carbocycles. The zero-order chi connectivity index (χ0) is 12.8. The van der Waals surface area contributed by atoms with Gasteiger partial charge in [-0.3, -0.25) is 9.78 Å². The molecule has 2 rings (SSSR count). The Balaban J connectivity index is 1.97. The summed E-state index contributed by atoms with van der Waals surface area (Å²) >= 11 is 0. The molecule has 4 nitrogen and oxygen atoms in total. The van der Waals surface area contributed by atoms with Crippen LogP contribution in [0.1, 0.15) is 16.1 Å². The Morgan fingerprint density at radius 2 is 2.11 bits per heavy atom. The lowest BCUT2D eigenvalue weighted by molar-refractivity contribution is 0.0946. The number of hydrogen-bond donors (Lipinski definition) is 2. The molecule has 4 heteroatoms. The van der Waals surface area contributed by atoms with Crippen molar-refractivity contribution < 1.29 is 4.79 Å². The van der Waals surface area contributed by atoms with E-state index in [1.54, 1.807) is 24.4 Å². The van der Waals surface area contributed by atoms with Gasteiger partial charge in [-0.25, -0.2) is 0 Å². The van der Waals surface area contributed by atoms with Crippen molar-refractivity contribution in [3.8, 4) is 0 Å². The Labute approximate surface area is 106 Å². The van der Waals surface area contributed by atoms with E-state index in [0.29, 0.717) is 12.2 Å². The van der Waals surface area contributed by atoms with Crippen LogP contribution < -0.4 is 10.6 Å². The molecule has 2 aromatic rings. The number of hydrogen-bond acceptors (Lipinski definition) is 3. The van der Waals surface area contributed by atoms with Gasteiger partial charge >= 0.3 is 0 Å². The third-order valence-corrected chi connectivity index (χ3v) is 2.57. The van der Waals surface area contributed by atoms with Crippen molar-refractivity contribution in [2.75, 3.05) is 12.4 Å². The molecule has 0 aliphatic rings. The maximum absolute atomic E-state index is 11.8. The maximum Gasteiger partial charge on any atom is 0.270 e. The lowest BCUT2D eigenvalue weighted by Crippen LogP contribution is -2.23. The molecule has 0 saturated heterocycles. The fraction of sp³-hybridized carbons (Fsp3) is 0.143. The first kappa shape index (κ1) is 12.1. The summed E-state index contributed by atoms with van der Waals surface area (Å²) in [6.45, 7) is 0.491. The highest BCUT2D eigenvalue weighted by Crippen LogP contribution is 2.09. The third-order valence-electron chi connectivity index (χ3n) is 2.57. The Kier molecular flexibility index (Phi) is 3.91. The van der Waals surface area contributed by atoms with E-state index in [0.717, 1.165) is 11.3 Å². The number of nitrogens with zero attached hydrogens (tertiary/aromatic N) is 1. The molecule has 2 N–H and O–H groups in total. The summed E-state index contributed by atoms with van der Waals surface area (Å²) in [5.41, 5.74) is 2.51. The molecular formula is C14H15N3O. The van der Waals surface area contributed by atoms with Gasteiger partial charge in [-0.15, -0.1) is 0 Å². The molecule has 0 spiro atoms. The van der Waals surface area contributed by atoms with Crippen LogP contribution in [0.3, 0.4) is 0 Å². The van der Waals surface area contributed by atoms with Crippen LogP contribution in [0.5, 0.6) is 0 Å². The van der Waals surface area contributed by atoms with Crippen LogP contribution in [0.15, 0.2) is 48.7 Å².